The van der Waals surface area contributed by atoms with Gasteiger partial charge in [0.1, 0.15) is 0 Å². The molecule has 2 amide bonds. The maximum Gasteiger partial charge on any atom is 0.270 e. The highest BCUT2D eigenvalue weighted by Gasteiger charge is 2.29. The summed E-state index contributed by atoms with van der Waals surface area (Å²) in [5, 5.41) is 13.9. The second-order valence-corrected chi connectivity index (χ2v) is 8.91. The Bertz CT molecular complexity index is 1050. The Kier molecular flexibility index (Phi) is 6.74. The van der Waals surface area contributed by atoms with Crippen molar-refractivity contribution in [2.45, 2.75) is 51.4 Å². The summed E-state index contributed by atoms with van der Waals surface area (Å²) in [7, 11) is 0. The van der Waals surface area contributed by atoms with Crippen molar-refractivity contribution in [2.75, 3.05) is 16.8 Å². The summed E-state index contributed by atoms with van der Waals surface area (Å²) >= 11 is 6.09. The number of halogens is 1. The number of nitrogens with one attached hydrogen (secondary N) is 1. The zero-order valence-corrected chi connectivity index (χ0v) is 18.6. The molecule has 2 aliphatic rings. The van der Waals surface area contributed by atoms with E-state index in [-0.39, 0.29) is 28.1 Å². The van der Waals surface area contributed by atoms with Gasteiger partial charge in [-0.3, -0.25) is 19.7 Å². The largest absolute Gasteiger partial charge is 0.322 e. The van der Waals surface area contributed by atoms with Gasteiger partial charge in [0.25, 0.3) is 11.6 Å². The molecule has 32 heavy (non-hydrogen) atoms. The lowest BCUT2D eigenvalue weighted by molar-refractivity contribution is -0.384. The van der Waals surface area contributed by atoms with Crippen LogP contribution in [0.2, 0.25) is 5.02 Å². The maximum absolute atomic E-state index is 13.2. The van der Waals surface area contributed by atoms with Gasteiger partial charge in [0.15, 0.2) is 0 Å². The van der Waals surface area contributed by atoms with E-state index >= 15 is 0 Å². The van der Waals surface area contributed by atoms with Crippen molar-refractivity contribution < 1.29 is 14.5 Å². The lowest BCUT2D eigenvalue weighted by Crippen LogP contribution is -2.39. The minimum atomic E-state index is -0.564. The number of amides is 2. The number of non-ortho nitro benzene ring substituents is 1. The maximum atomic E-state index is 13.2. The Balaban J connectivity index is 1.52. The highest BCUT2D eigenvalue weighted by atomic mass is 35.5. The van der Waals surface area contributed by atoms with Gasteiger partial charge in [-0.15, -0.1) is 0 Å². The molecule has 168 valence electrons. The highest BCUT2D eigenvalue weighted by molar-refractivity contribution is 6.34. The van der Waals surface area contributed by atoms with E-state index in [0.717, 1.165) is 56.3 Å². The van der Waals surface area contributed by atoms with Crippen molar-refractivity contribution in [2.24, 2.45) is 5.92 Å². The average molecular weight is 456 g/mol. The molecule has 8 heteroatoms. The number of benzene rings is 2. The number of rotatable bonds is 4. The summed E-state index contributed by atoms with van der Waals surface area (Å²) in [6, 6.07) is 9.30. The number of fused-ring (bicyclic) bond motifs is 1. The number of nitrogens with zero attached hydrogens (tertiary/aromatic N) is 2. The molecule has 0 atom stereocenters. The number of carbonyl (C=O) groups is 2. The minimum absolute atomic E-state index is 0.0451. The molecule has 1 fully saturated rings. The monoisotopic (exact) mass is 455 g/mol. The standard InChI is InChI=1S/C24H26ClN3O4/c25-21-11-10-19(28(31)32)15-20(21)23(29)26-18-9-12-22-17(14-18)8-5-13-27(22)24(30)16-6-3-1-2-4-7-16/h9-12,14-16H,1-8,13H2,(H,26,29). The first-order chi connectivity index (χ1) is 15.4. The molecular formula is C24H26ClN3O4. The molecule has 0 spiro atoms. The van der Waals surface area contributed by atoms with Gasteiger partial charge >= 0.3 is 0 Å². The summed E-state index contributed by atoms with van der Waals surface area (Å²) < 4.78 is 0. The Morgan fingerprint density at radius 1 is 1.03 bits per heavy atom. The fourth-order valence-corrected chi connectivity index (χ4v) is 4.85. The number of hydrogen-bond donors (Lipinski definition) is 1. The summed E-state index contributed by atoms with van der Waals surface area (Å²) in [6.07, 6.45) is 8.26. The van der Waals surface area contributed by atoms with Crippen molar-refractivity contribution in [1.29, 1.82) is 0 Å². The molecule has 1 aliphatic heterocycles. The van der Waals surface area contributed by atoms with Crippen LogP contribution in [-0.4, -0.2) is 23.3 Å². The number of nitro benzene ring substituents is 1. The van der Waals surface area contributed by atoms with Crippen LogP contribution in [0.25, 0.3) is 0 Å². The lowest BCUT2D eigenvalue weighted by atomic mass is 9.95. The van der Waals surface area contributed by atoms with Crippen LogP contribution >= 0.6 is 11.6 Å². The molecule has 7 nitrogen and oxygen atoms in total. The first-order valence-corrected chi connectivity index (χ1v) is 11.5. The molecule has 2 aromatic rings. The van der Waals surface area contributed by atoms with Crippen LogP contribution in [0.3, 0.4) is 0 Å². The molecule has 1 N–H and O–H groups in total. The van der Waals surface area contributed by atoms with Gasteiger partial charge in [-0.25, -0.2) is 0 Å². The fraction of sp³-hybridized carbons (Fsp3) is 0.417. The van der Waals surface area contributed by atoms with Crippen LogP contribution in [0, 0.1) is 16.0 Å². The number of nitro groups is 1. The predicted molar refractivity (Wildman–Crippen MR) is 124 cm³/mol. The molecule has 0 unspecified atom stereocenters. The van der Waals surface area contributed by atoms with E-state index in [9.17, 15) is 19.7 Å². The molecule has 2 aromatic carbocycles. The molecule has 1 saturated carbocycles. The molecule has 0 saturated heterocycles. The van der Waals surface area contributed by atoms with Crippen LogP contribution < -0.4 is 10.2 Å². The third-order valence-corrected chi connectivity index (χ3v) is 6.66. The molecule has 0 bridgehead atoms. The van der Waals surface area contributed by atoms with Gasteiger partial charge in [0.2, 0.25) is 5.91 Å². The number of carbonyl (C=O) groups excluding carboxylic acids is 2. The van der Waals surface area contributed by atoms with Crippen molar-refractivity contribution in [1.82, 2.24) is 0 Å². The minimum Gasteiger partial charge on any atom is -0.322 e. The fourth-order valence-electron chi connectivity index (χ4n) is 4.65. The van der Waals surface area contributed by atoms with E-state index in [1.807, 2.05) is 17.0 Å². The summed E-state index contributed by atoms with van der Waals surface area (Å²) in [6.45, 7) is 0.720. The number of anilines is 2. The zero-order valence-electron chi connectivity index (χ0n) is 17.8. The second kappa shape index (κ2) is 9.69. The Morgan fingerprint density at radius 3 is 2.50 bits per heavy atom. The van der Waals surface area contributed by atoms with E-state index in [4.69, 9.17) is 11.6 Å². The van der Waals surface area contributed by atoms with Crippen molar-refractivity contribution in [3.63, 3.8) is 0 Å². The van der Waals surface area contributed by atoms with Crippen LogP contribution in [0.5, 0.6) is 0 Å². The average Bonchev–Trinajstić information content (AvgIpc) is 3.07. The van der Waals surface area contributed by atoms with Gasteiger partial charge in [-0.2, -0.15) is 0 Å². The van der Waals surface area contributed by atoms with Gasteiger partial charge in [0, 0.05) is 36.0 Å². The second-order valence-electron chi connectivity index (χ2n) is 8.50. The van der Waals surface area contributed by atoms with Crippen LogP contribution in [0.1, 0.15) is 60.9 Å². The van der Waals surface area contributed by atoms with Crippen LogP contribution in [0.15, 0.2) is 36.4 Å². The van der Waals surface area contributed by atoms with Crippen molar-refractivity contribution in [3.8, 4) is 0 Å². The molecular weight excluding hydrogens is 430 g/mol. The SMILES string of the molecule is O=C(Nc1ccc2c(c1)CCCN2C(=O)C1CCCCCC1)c1cc([N+](=O)[O-])ccc1Cl. The van der Waals surface area contributed by atoms with Gasteiger partial charge in [-0.05, 0) is 55.5 Å². The van der Waals surface area contributed by atoms with E-state index in [2.05, 4.69) is 5.32 Å². The zero-order chi connectivity index (χ0) is 22.7. The van der Waals surface area contributed by atoms with Crippen molar-refractivity contribution >= 4 is 40.5 Å². The van der Waals surface area contributed by atoms with E-state index in [0.29, 0.717) is 5.69 Å². The third kappa shape index (κ3) is 4.78. The molecule has 1 heterocycles. The van der Waals surface area contributed by atoms with E-state index in [1.54, 1.807) is 6.07 Å². The predicted octanol–water partition coefficient (Wildman–Crippen LogP) is 5.75. The third-order valence-electron chi connectivity index (χ3n) is 6.33. The topological polar surface area (TPSA) is 92.6 Å². The molecule has 4 rings (SSSR count). The Labute approximate surface area is 191 Å². The van der Waals surface area contributed by atoms with Gasteiger partial charge in [-0.1, -0.05) is 37.3 Å². The normalized spacial score (nSPS) is 16.7. The lowest BCUT2D eigenvalue weighted by Gasteiger charge is -2.32. The van der Waals surface area contributed by atoms with E-state index < -0.39 is 10.8 Å². The number of aryl methyl sites for hydroxylation is 1. The quantitative estimate of drug-likeness (QED) is 0.361. The first kappa shape index (κ1) is 22.3. The molecule has 0 aromatic heterocycles. The molecule has 1 aliphatic carbocycles. The summed E-state index contributed by atoms with van der Waals surface area (Å²) in [5.41, 5.74) is 2.35. The van der Waals surface area contributed by atoms with Crippen LogP contribution in [0.4, 0.5) is 17.1 Å². The van der Waals surface area contributed by atoms with Gasteiger partial charge in [0.05, 0.1) is 15.5 Å². The Hall–Kier alpha value is -2.93. The summed E-state index contributed by atoms with van der Waals surface area (Å²) in [5.74, 6) is -0.201. The Morgan fingerprint density at radius 2 is 1.78 bits per heavy atom. The smallest absolute Gasteiger partial charge is 0.270 e. The first-order valence-electron chi connectivity index (χ1n) is 11.1. The molecule has 0 radical (unpaired) electrons. The van der Waals surface area contributed by atoms with Gasteiger partial charge < -0.3 is 10.2 Å². The van der Waals surface area contributed by atoms with Crippen LogP contribution in [-0.2, 0) is 11.2 Å². The van der Waals surface area contributed by atoms with E-state index in [1.165, 1.54) is 31.0 Å². The number of hydrogen-bond acceptors (Lipinski definition) is 4. The summed E-state index contributed by atoms with van der Waals surface area (Å²) in [4.78, 5) is 38.3. The van der Waals surface area contributed by atoms with Crippen molar-refractivity contribution in [3.05, 3.63) is 62.7 Å². The highest BCUT2D eigenvalue weighted by Crippen LogP contribution is 2.34.